The Morgan fingerprint density at radius 2 is 2.08 bits per heavy atom. The molecule has 128 valence electrons. The summed E-state index contributed by atoms with van der Waals surface area (Å²) in [4.78, 5) is 17.5. The zero-order valence-electron chi connectivity index (χ0n) is 13.7. The van der Waals surface area contributed by atoms with Crippen LogP contribution in [0.15, 0.2) is 48.8 Å². The Kier molecular flexibility index (Phi) is 4.09. The number of nitrogens with zero attached hydrogens (tertiary/aromatic N) is 2. The van der Waals surface area contributed by atoms with E-state index >= 15 is 0 Å². The number of rotatable bonds is 3. The number of aromatic amines is 2. The first-order valence-electron chi connectivity index (χ1n) is 8.44. The Bertz CT molecular complexity index is 854. The lowest BCUT2D eigenvalue weighted by atomic mass is 9.90. The van der Waals surface area contributed by atoms with E-state index in [2.05, 4.69) is 15.2 Å². The fourth-order valence-electron chi connectivity index (χ4n) is 3.50. The predicted molar refractivity (Wildman–Crippen MR) is 92.7 cm³/mol. The van der Waals surface area contributed by atoms with Crippen LogP contribution in [0.5, 0.6) is 0 Å². The van der Waals surface area contributed by atoms with Crippen LogP contribution in [-0.2, 0) is 0 Å². The van der Waals surface area contributed by atoms with Crippen LogP contribution >= 0.6 is 0 Å². The maximum absolute atomic E-state index is 13.2. The second-order valence-electron chi connectivity index (χ2n) is 6.38. The number of nitrogens with one attached hydrogen (secondary N) is 2. The summed E-state index contributed by atoms with van der Waals surface area (Å²) in [5.41, 5.74) is 3.52. The summed E-state index contributed by atoms with van der Waals surface area (Å²) in [7, 11) is 0. The van der Waals surface area contributed by atoms with Crippen molar-refractivity contribution in [3.05, 3.63) is 66.0 Å². The number of H-pyrrole nitrogens is 2. The molecule has 1 fully saturated rings. The molecule has 0 unspecified atom stereocenters. The molecule has 0 bridgehead atoms. The largest absolute Gasteiger partial charge is 0.357 e. The Morgan fingerprint density at radius 3 is 2.84 bits per heavy atom. The molecule has 1 aromatic carbocycles. The van der Waals surface area contributed by atoms with Gasteiger partial charge >= 0.3 is 0 Å². The van der Waals surface area contributed by atoms with Crippen molar-refractivity contribution in [2.45, 2.75) is 18.8 Å². The molecule has 1 aliphatic heterocycles. The molecule has 2 N–H and O–H groups in total. The van der Waals surface area contributed by atoms with Gasteiger partial charge in [0.1, 0.15) is 11.5 Å². The van der Waals surface area contributed by atoms with Crippen LogP contribution < -0.4 is 0 Å². The molecule has 0 aliphatic carbocycles. The van der Waals surface area contributed by atoms with E-state index in [1.165, 1.54) is 12.1 Å². The second-order valence-corrected chi connectivity index (χ2v) is 6.38. The zero-order valence-corrected chi connectivity index (χ0v) is 13.7. The third kappa shape index (κ3) is 3.07. The van der Waals surface area contributed by atoms with E-state index in [9.17, 15) is 9.18 Å². The average Bonchev–Trinajstić information content (AvgIpc) is 3.34. The molecule has 1 saturated heterocycles. The number of aromatic nitrogens is 3. The molecule has 2 aromatic heterocycles. The predicted octanol–water partition coefficient (Wildman–Crippen LogP) is 3.56. The zero-order chi connectivity index (χ0) is 17.2. The van der Waals surface area contributed by atoms with Crippen molar-refractivity contribution in [3.8, 4) is 11.1 Å². The van der Waals surface area contributed by atoms with Crippen molar-refractivity contribution in [2.75, 3.05) is 13.1 Å². The SMILES string of the molecule is O=C(c1ccc[nH]1)N1CCC[C@H](c2[nH]ncc2-c2ccc(F)cc2)C1. The Labute approximate surface area is 144 Å². The molecule has 25 heavy (non-hydrogen) atoms. The third-order valence-electron chi connectivity index (χ3n) is 4.77. The lowest BCUT2D eigenvalue weighted by Gasteiger charge is -2.32. The van der Waals surface area contributed by atoms with Crippen molar-refractivity contribution < 1.29 is 9.18 Å². The van der Waals surface area contributed by atoms with Crippen molar-refractivity contribution in [2.24, 2.45) is 0 Å². The quantitative estimate of drug-likeness (QED) is 0.767. The van der Waals surface area contributed by atoms with E-state index in [0.29, 0.717) is 12.2 Å². The average molecular weight is 338 g/mol. The first kappa shape index (κ1) is 15.6. The minimum atomic E-state index is -0.255. The van der Waals surface area contributed by atoms with Gasteiger partial charge in [-0.2, -0.15) is 5.10 Å². The maximum atomic E-state index is 13.2. The van der Waals surface area contributed by atoms with Gasteiger partial charge in [-0.15, -0.1) is 0 Å². The van der Waals surface area contributed by atoms with Gasteiger partial charge in [0.25, 0.3) is 5.91 Å². The van der Waals surface area contributed by atoms with Gasteiger partial charge in [-0.25, -0.2) is 4.39 Å². The number of piperidine rings is 1. The van der Waals surface area contributed by atoms with Crippen LogP contribution in [-0.4, -0.2) is 39.1 Å². The highest BCUT2D eigenvalue weighted by atomic mass is 19.1. The first-order valence-corrected chi connectivity index (χ1v) is 8.44. The van der Waals surface area contributed by atoms with Crippen molar-refractivity contribution >= 4 is 5.91 Å². The van der Waals surface area contributed by atoms with Crippen LogP contribution in [0.3, 0.4) is 0 Å². The minimum Gasteiger partial charge on any atom is -0.357 e. The molecule has 1 amide bonds. The monoisotopic (exact) mass is 338 g/mol. The van der Waals surface area contributed by atoms with Crippen molar-refractivity contribution in [1.82, 2.24) is 20.1 Å². The van der Waals surface area contributed by atoms with E-state index in [0.717, 1.165) is 36.2 Å². The van der Waals surface area contributed by atoms with E-state index in [1.54, 1.807) is 30.6 Å². The molecule has 3 heterocycles. The molecular weight excluding hydrogens is 319 g/mol. The minimum absolute atomic E-state index is 0.0255. The third-order valence-corrected chi connectivity index (χ3v) is 4.77. The summed E-state index contributed by atoms with van der Waals surface area (Å²) < 4.78 is 13.2. The van der Waals surface area contributed by atoms with Crippen LogP contribution in [0.25, 0.3) is 11.1 Å². The van der Waals surface area contributed by atoms with Gasteiger partial charge in [0, 0.05) is 36.5 Å². The van der Waals surface area contributed by atoms with E-state index in [-0.39, 0.29) is 17.6 Å². The number of carbonyl (C=O) groups excluding carboxylic acids is 1. The Morgan fingerprint density at radius 1 is 1.24 bits per heavy atom. The molecule has 5 nitrogen and oxygen atoms in total. The van der Waals surface area contributed by atoms with Crippen LogP contribution in [0.1, 0.15) is 34.9 Å². The van der Waals surface area contributed by atoms with E-state index < -0.39 is 0 Å². The molecule has 4 rings (SSSR count). The lowest BCUT2D eigenvalue weighted by Crippen LogP contribution is -2.39. The molecular formula is C19H19FN4O. The summed E-state index contributed by atoms with van der Waals surface area (Å²) >= 11 is 0. The van der Waals surface area contributed by atoms with Crippen LogP contribution in [0, 0.1) is 5.82 Å². The van der Waals surface area contributed by atoms with Gasteiger partial charge in [0.05, 0.1) is 6.20 Å². The summed E-state index contributed by atoms with van der Waals surface area (Å²) in [6.45, 7) is 1.41. The number of hydrogen-bond acceptors (Lipinski definition) is 2. The van der Waals surface area contributed by atoms with Gasteiger partial charge in [-0.1, -0.05) is 12.1 Å². The molecule has 0 spiro atoms. The Balaban J connectivity index is 1.57. The number of amides is 1. The highest BCUT2D eigenvalue weighted by molar-refractivity contribution is 5.92. The molecule has 0 saturated carbocycles. The highest BCUT2D eigenvalue weighted by Gasteiger charge is 2.28. The maximum Gasteiger partial charge on any atom is 0.270 e. The number of carbonyl (C=O) groups is 1. The number of halogens is 1. The second kappa shape index (κ2) is 6.55. The van der Waals surface area contributed by atoms with Gasteiger partial charge in [0.2, 0.25) is 0 Å². The summed E-state index contributed by atoms with van der Waals surface area (Å²) in [5.74, 6) is -0.0399. The summed E-state index contributed by atoms with van der Waals surface area (Å²) in [6.07, 6.45) is 5.47. The fraction of sp³-hybridized carbons (Fsp3) is 0.263. The van der Waals surface area contributed by atoms with Crippen LogP contribution in [0.4, 0.5) is 4.39 Å². The van der Waals surface area contributed by atoms with Crippen molar-refractivity contribution in [1.29, 1.82) is 0 Å². The number of likely N-dealkylation sites (tertiary alicyclic amines) is 1. The number of hydrogen-bond donors (Lipinski definition) is 2. The van der Waals surface area contributed by atoms with E-state index in [4.69, 9.17) is 0 Å². The normalized spacial score (nSPS) is 17.6. The molecule has 1 atom stereocenters. The highest BCUT2D eigenvalue weighted by Crippen LogP contribution is 2.33. The van der Waals surface area contributed by atoms with Crippen molar-refractivity contribution in [3.63, 3.8) is 0 Å². The van der Waals surface area contributed by atoms with Gasteiger partial charge in [-0.3, -0.25) is 9.89 Å². The molecule has 1 aliphatic rings. The molecule has 6 heteroatoms. The first-order chi connectivity index (χ1) is 12.2. The summed E-state index contributed by atoms with van der Waals surface area (Å²) in [6, 6.07) is 10.0. The molecule has 0 radical (unpaired) electrons. The standard InChI is InChI=1S/C19H19FN4O/c20-15-7-5-13(6-8-15)16-11-22-23-18(16)14-3-2-10-24(12-14)19(25)17-4-1-9-21-17/h1,4-9,11,14,21H,2-3,10,12H2,(H,22,23)/t14-/m0/s1. The van der Waals surface area contributed by atoms with Gasteiger partial charge in [0.15, 0.2) is 0 Å². The van der Waals surface area contributed by atoms with Crippen LogP contribution in [0.2, 0.25) is 0 Å². The molecule has 3 aromatic rings. The number of benzene rings is 1. The van der Waals surface area contributed by atoms with E-state index in [1.807, 2.05) is 11.0 Å². The fourth-order valence-corrected chi connectivity index (χ4v) is 3.50. The van der Waals surface area contributed by atoms with Gasteiger partial charge < -0.3 is 9.88 Å². The smallest absolute Gasteiger partial charge is 0.270 e. The van der Waals surface area contributed by atoms with Gasteiger partial charge in [-0.05, 0) is 42.7 Å². The Hall–Kier alpha value is -2.89. The topological polar surface area (TPSA) is 64.8 Å². The lowest BCUT2D eigenvalue weighted by molar-refractivity contribution is 0.0700. The summed E-state index contributed by atoms with van der Waals surface area (Å²) in [5, 5.41) is 7.28.